The summed E-state index contributed by atoms with van der Waals surface area (Å²) in [6.07, 6.45) is -1.40. The minimum atomic E-state index is -0.725. The molecule has 0 spiro atoms. The van der Waals surface area contributed by atoms with Crippen LogP contribution in [0.5, 0.6) is 0 Å². The molecule has 0 amide bonds. The number of fused-ring (bicyclic) bond motifs is 1. The van der Waals surface area contributed by atoms with Crippen LogP contribution >= 0.6 is 23.2 Å². The van der Waals surface area contributed by atoms with Crippen LogP contribution in [0.1, 0.15) is 26.5 Å². The molecule has 1 aromatic carbocycles. The summed E-state index contributed by atoms with van der Waals surface area (Å²) in [5, 5.41) is 23.4. The quantitative estimate of drug-likeness (QED) is 0.782. The molecule has 0 saturated carbocycles. The zero-order valence-corrected chi connectivity index (χ0v) is 14.3. The Bertz CT molecular complexity index is 720. The van der Waals surface area contributed by atoms with Gasteiger partial charge < -0.3 is 20.3 Å². The highest BCUT2D eigenvalue weighted by molar-refractivity contribution is 6.42. The Morgan fingerprint density at radius 3 is 2.70 bits per heavy atom. The number of hydrogen-bond acceptors (Lipinski definition) is 5. The number of aliphatic hydroxyl groups is 2. The van der Waals surface area contributed by atoms with Gasteiger partial charge in [-0.3, -0.25) is 4.57 Å². The first kappa shape index (κ1) is 16.8. The molecule has 1 saturated heterocycles. The molecule has 126 valence electrons. The van der Waals surface area contributed by atoms with E-state index < -0.39 is 18.4 Å². The van der Waals surface area contributed by atoms with Gasteiger partial charge >= 0.3 is 0 Å². The molecule has 8 heteroatoms. The minimum Gasteiger partial charge on any atom is -0.394 e. The standard InChI is InChI=1S/C15H19Cl2N3O3/c1-7(2)18-15-19-10-3-8(16)9(17)4-11(10)20(15)14-5-12(22)13(6-21)23-14/h3-4,7,12-14,21-22H,5-6H2,1-2H3,(H,18,19)/t12-,13-,14+/m0/s1. The molecule has 1 aromatic heterocycles. The van der Waals surface area contributed by atoms with Gasteiger partial charge in [-0.15, -0.1) is 0 Å². The molecule has 0 aliphatic carbocycles. The molecule has 23 heavy (non-hydrogen) atoms. The summed E-state index contributed by atoms with van der Waals surface area (Å²) >= 11 is 12.2. The Hall–Kier alpha value is -1.05. The minimum absolute atomic E-state index is 0.163. The molecule has 0 bridgehead atoms. The van der Waals surface area contributed by atoms with E-state index in [9.17, 15) is 10.2 Å². The Balaban J connectivity index is 2.10. The summed E-state index contributed by atoms with van der Waals surface area (Å²) in [7, 11) is 0. The Morgan fingerprint density at radius 2 is 2.09 bits per heavy atom. The number of imidazole rings is 1. The lowest BCUT2D eigenvalue weighted by molar-refractivity contribution is -0.0424. The molecule has 3 rings (SSSR count). The summed E-state index contributed by atoms with van der Waals surface area (Å²) in [6, 6.07) is 3.60. The van der Waals surface area contributed by atoms with Gasteiger partial charge in [-0.05, 0) is 26.0 Å². The van der Waals surface area contributed by atoms with E-state index in [1.807, 2.05) is 18.4 Å². The van der Waals surface area contributed by atoms with Crippen molar-refractivity contribution in [1.29, 1.82) is 0 Å². The van der Waals surface area contributed by atoms with Crippen LogP contribution in [0.15, 0.2) is 12.1 Å². The van der Waals surface area contributed by atoms with Gasteiger partial charge in [0.2, 0.25) is 5.95 Å². The van der Waals surface area contributed by atoms with E-state index in [0.717, 1.165) is 5.52 Å². The fourth-order valence-electron chi connectivity index (χ4n) is 2.78. The molecule has 0 radical (unpaired) electrons. The Kier molecular flexibility index (Phi) is 4.71. The van der Waals surface area contributed by atoms with E-state index in [1.54, 1.807) is 12.1 Å². The molecule has 3 N–H and O–H groups in total. The smallest absolute Gasteiger partial charge is 0.206 e. The molecule has 6 nitrogen and oxygen atoms in total. The van der Waals surface area contributed by atoms with Crippen molar-refractivity contribution >= 4 is 40.2 Å². The van der Waals surface area contributed by atoms with Crippen molar-refractivity contribution in [2.75, 3.05) is 11.9 Å². The molecule has 3 atom stereocenters. The number of hydrogen-bond donors (Lipinski definition) is 3. The van der Waals surface area contributed by atoms with E-state index in [0.29, 0.717) is 27.9 Å². The fourth-order valence-corrected chi connectivity index (χ4v) is 3.10. The van der Waals surface area contributed by atoms with Gasteiger partial charge in [0.25, 0.3) is 0 Å². The number of anilines is 1. The number of ether oxygens (including phenoxy) is 1. The first-order valence-electron chi connectivity index (χ1n) is 7.48. The van der Waals surface area contributed by atoms with Crippen LogP contribution in [-0.4, -0.2) is 44.6 Å². The van der Waals surface area contributed by atoms with E-state index in [-0.39, 0.29) is 12.6 Å². The van der Waals surface area contributed by atoms with Crippen LogP contribution in [0.25, 0.3) is 11.0 Å². The average molecular weight is 360 g/mol. The molecular formula is C15H19Cl2N3O3. The lowest BCUT2D eigenvalue weighted by Gasteiger charge is -2.19. The van der Waals surface area contributed by atoms with Gasteiger partial charge in [-0.2, -0.15) is 0 Å². The Morgan fingerprint density at radius 1 is 1.39 bits per heavy atom. The number of halogens is 2. The highest BCUT2D eigenvalue weighted by Crippen LogP contribution is 2.37. The predicted molar refractivity (Wildman–Crippen MR) is 90.1 cm³/mol. The van der Waals surface area contributed by atoms with Crippen LogP contribution in [-0.2, 0) is 4.74 Å². The zero-order chi connectivity index (χ0) is 16.7. The number of nitrogens with one attached hydrogen (secondary N) is 1. The van der Waals surface area contributed by atoms with Crippen molar-refractivity contribution in [3.05, 3.63) is 22.2 Å². The van der Waals surface area contributed by atoms with Gasteiger partial charge in [-0.1, -0.05) is 23.2 Å². The summed E-state index contributed by atoms with van der Waals surface area (Å²) < 4.78 is 7.63. The third-order valence-corrected chi connectivity index (χ3v) is 4.54. The fraction of sp³-hybridized carbons (Fsp3) is 0.533. The third-order valence-electron chi connectivity index (χ3n) is 3.82. The normalized spacial score (nSPS) is 24.7. The largest absolute Gasteiger partial charge is 0.394 e. The maximum absolute atomic E-state index is 10.0. The van der Waals surface area contributed by atoms with E-state index in [1.165, 1.54) is 0 Å². The highest BCUT2D eigenvalue weighted by Gasteiger charge is 2.36. The van der Waals surface area contributed by atoms with E-state index in [2.05, 4.69) is 10.3 Å². The first-order chi connectivity index (χ1) is 10.9. The topological polar surface area (TPSA) is 79.5 Å². The van der Waals surface area contributed by atoms with Crippen LogP contribution in [0.3, 0.4) is 0 Å². The van der Waals surface area contributed by atoms with Gasteiger partial charge in [0.05, 0.1) is 33.8 Å². The van der Waals surface area contributed by atoms with Crippen LogP contribution < -0.4 is 5.32 Å². The summed E-state index contributed by atoms with van der Waals surface area (Å²) in [6.45, 7) is 3.78. The second-order valence-electron chi connectivity index (χ2n) is 5.97. The maximum atomic E-state index is 10.0. The maximum Gasteiger partial charge on any atom is 0.206 e. The number of aromatic nitrogens is 2. The van der Waals surface area contributed by atoms with Crippen LogP contribution in [0, 0.1) is 0 Å². The lowest BCUT2D eigenvalue weighted by Crippen LogP contribution is -2.24. The summed E-state index contributed by atoms with van der Waals surface area (Å²) in [5.41, 5.74) is 1.45. The van der Waals surface area contributed by atoms with Gasteiger partial charge in [0, 0.05) is 12.5 Å². The summed E-state index contributed by atoms with van der Waals surface area (Å²) in [4.78, 5) is 4.56. The molecule has 2 heterocycles. The van der Waals surface area contributed by atoms with Gasteiger partial charge in [0.15, 0.2) is 0 Å². The number of rotatable bonds is 4. The van der Waals surface area contributed by atoms with Gasteiger partial charge in [0.1, 0.15) is 12.3 Å². The number of benzene rings is 1. The third kappa shape index (κ3) is 3.14. The molecule has 1 aliphatic heterocycles. The number of nitrogens with zero attached hydrogens (tertiary/aromatic N) is 2. The Labute approximate surface area is 144 Å². The first-order valence-corrected chi connectivity index (χ1v) is 8.24. The predicted octanol–water partition coefficient (Wildman–Crippen LogP) is 2.80. The van der Waals surface area contributed by atoms with Crippen molar-refractivity contribution in [2.45, 2.75) is 44.7 Å². The second-order valence-corrected chi connectivity index (χ2v) is 6.79. The molecule has 1 fully saturated rings. The molecule has 2 aromatic rings. The average Bonchev–Trinajstić information content (AvgIpc) is 2.99. The SMILES string of the molecule is CC(C)Nc1nc2cc(Cl)c(Cl)cc2n1[C@H]1C[C@H](O)[C@H](CO)O1. The summed E-state index contributed by atoms with van der Waals surface area (Å²) in [5.74, 6) is 0.615. The van der Waals surface area contributed by atoms with Gasteiger partial charge in [-0.25, -0.2) is 4.98 Å². The van der Waals surface area contributed by atoms with Crippen molar-refractivity contribution < 1.29 is 14.9 Å². The monoisotopic (exact) mass is 359 g/mol. The molecular weight excluding hydrogens is 341 g/mol. The lowest BCUT2D eigenvalue weighted by atomic mass is 10.2. The molecule has 0 unspecified atom stereocenters. The van der Waals surface area contributed by atoms with E-state index in [4.69, 9.17) is 27.9 Å². The molecule has 1 aliphatic rings. The van der Waals surface area contributed by atoms with Crippen molar-refractivity contribution in [3.8, 4) is 0 Å². The van der Waals surface area contributed by atoms with Crippen molar-refractivity contribution in [3.63, 3.8) is 0 Å². The van der Waals surface area contributed by atoms with Crippen molar-refractivity contribution in [2.24, 2.45) is 0 Å². The second kappa shape index (κ2) is 6.45. The highest BCUT2D eigenvalue weighted by atomic mass is 35.5. The van der Waals surface area contributed by atoms with Crippen LogP contribution in [0.4, 0.5) is 5.95 Å². The number of aliphatic hydroxyl groups excluding tert-OH is 2. The van der Waals surface area contributed by atoms with E-state index >= 15 is 0 Å². The van der Waals surface area contributed by atoms with Crippen molar-refractivity contribution in [1.82, 2.24) is 9.55 Å². The van der Waals surface area contributed by atoms with Crippen LogP contribution in [0.2, 0.25) is 10.0 Å². The zero-order valence-electron chi connectivity index (χ0n) is 12.8.